The molecule has 0 bridgehead atoms. The van der Waals surface area contributed by atoms with Gasteiger partial charge in [0.25, 0.3) is 0 Å². The number of aliphatic carboxylic acids is 4. The van der Waals surface area contributed by atoms with Crippen LogP contribution < -0.4 is 0 Å². The fourth-order valence-electron chi connectivity index (χ4n) is 2.49. The average molecular weight is 510 g/mol. The Bertz CT molecular complexity index is 569. The molecule has 0 spiro atoms. The molecule has 158 valence electrons. The molecular formula is C19H27IO8. The SMILES string of the molecule is C/C(=C\C=C(/I)CCC(CCC(=O)O)C(=O)O)CCC(CCC(=O)O)C(=O)O. The molecule has 0 heterocycles. The predicted molar refractivity (Wildman–Crippen MR) is 110 cm³/mol. The first-order chi connectivity index (χ1) is 13.0. The minimum atomic E-state index is -1.02. The lowest BCUT2D eigenvalue weighted by Gasteiger charge is -2.11. The summed E-state index contributed by atoms with van der Waals surface area (Å²) in [5.74, 6) is -5.44. The van der Waals surface area contributed by atoms with Crippen LogP contribution in [0, 0.1) is 11.8 Å². The predicted octanol–water partition coefficient (Wildman–Crippen LogP) is 3.94. The van der Waals surface area contributed by atoms with E-state index in [1.54, 1.807) is 0 Å². The third-order valence-electron chi connectivity index (χ3n) is 4.28. The van der Waals surface area contributed by atoms with Crippen LogP contribution in [0.3, 0.4) is 0 Å². The Morgan fingerprint density at radius 1 is 0.714 bits per heavy atom. The third-order valence-corrected chi connectivity index (χ3v) is 5.18. The van der Waals surface area contributed by atoms with Crippen molar-refractivity contribution >= 4 is 46.5 Å². The van der Waals surface area contributed by atoms with Gasteiger partial charge in [-0.2, -0.15) is 0 Å². The fraction of sp³-hybridized carbons (Fsp3) is 0.579. The molecule has 0 rings (SSSR count). The molecule has 0 aromatic carbocycles. The Morgan fingerprint density at radius 2 is 1.11 bits per heavy atom. The first-order valence-electron chi connectivity index (χ1n) is 8.94. The summed E-state index contributed by atoms with van der Waals surface area (Å²) in [4.78, 5) is 43.5. The minimum absolute atomic E-state index is 0.0936. The van der Waals surface area contributed by atoms with Crippen LogP contribution in [0.25, 0.3) is 0 Å². The number of rotatable bonds is 15. The van der Waals surface area contributed by atoms with Gasteiger partial charge in [0, 0.05) is 12.8 Å². The van der Waals surface area contributed by atoms with Gasteiger partial charge in [-0.25, -0.2) is 0 Å². The van der Waals surface area contributed by atoms with E-state index in [9.17, 15) is 19.2 Å². The number of carboxylic acids is 4. The fourth-order valence-corrected chi connectivity index (χ4v) is 2.98. The van der Waals surface area contributed by atoms with Crippen molar-refractivity contribution in [1.82, 2.24) is 0 Å². The van der Waals surface area contributed by atoms with Crippen molar-refractivity contribution in [2.45, 2.75) is 58.3 Å². The first-order valence-corrected chi connectivity index (χ1v) is 10.0. The monoisotopic (exact) mass is 510 g/mol. The molecule has 8 nitrogen and oxygen atoms in total. The summed E-state index contributed by atoms with van der Waals surface area (Å²) in [6, 6.07) is 0. The van der Waals surface area contributed by atoms with E-state index in [1.165, 1.54) is 0 Å². The van der Waals surface area contributed by atoms with Crippen LogP contribution in [0.2, 0.25) is 0 Å². The van der Waals surface area contributed by atoms with E-state index in [0.29, 0.717) is 25.7 Å². The molecular weight excluding hydrogens is 483 g/mol. The van der Waals surface area contributed by atoms with E-state index in [0.717, 1.165) is 9.15 Å². The van der Waals surface area contributed by atoms with Crippen molar-refractivity contribution in [3.05, 3.63) is 21.3 Å². The molecule has 0 radical (unpaired) electrons. The molecule has 0 fully saturated rings. The number of hydrogen-bond acceptors (Lipinski definition) is 4. The van der Waals surface area contributed by atoms with Crippen molar-refractivity contribution in [3.63, 3.8) is 0 Å². The maximum Gasteiger partial charge on any atom is 0.306 e. The van der Waals surface area contributed by atoms with Gasteiger partial charge in [0.05, 0.1) is 11.8 Å². The third kappa shape index (κ3) is 13.3. The molecule has 0 aliphatic rings. The summed E-state index contributed by atoms with van der Waals surface area (Å²) in [5.41, 5.74) is 0.941. The lowest BCUT2D eigenvalue weighted by molar-refractivity contribution is -0.144. The van der Waals surface area contributed by atoms with E-state index in [2.05, 4.69) is 22.6 Å². The van der Waals surface area contributed by atoms with E-state index in [-0.39, 0.29) is 25.7 Å². The lowest BCUT2D eigenvalue weighted by Crippen LogP contribution is -2.15. The first kappa shape index (κ1) is 26.1. The Kier molecular flexibility index (Phi) is 13.2. The van der Waals surface area contributed by atoms with Gasteiger partial charge < -0.3 is 20.4 Å². The molecule has 0 aromatic heterocycles. The molecule has 4 N–H and O–H groups in total. The van der Waals surface area contributed by atoms with Crippen molar-refractivity contribution in [3.8, 4) is 0 Å². The zero-order chi connectivity index (χ0) is 21.7. The van der Waals surface area contributed by atoms with E-state index >= 15 is 0 Å². The van der Waals surface area contributed by atoms with E-state index in [1.807, 2.05) is 19.1 Å². The molecule has 0 aliphatic carbocycles. The topological polar surface area (TPSA) is 149 Å². The molecule has 28 heavy (non-hydrogen) atoms. The standard InChI is InChI=1S/C19H27IO8/c1-12(2-4-13(18(25)26)6-10-16(21)22)3-8-15(20)9-5-14(19(27)28)7-11-17(23)24/h3,8,13-14H,2,4-7,9-11H2,1H3,(H,21,22)(H,23,24)(H,25,26)(H,27,28)/b12-3+,15-8-. The molecule has 9 heteroatoms. The van der Waals surface area contributed by atoms with Crippen molar-refractivity contribution in [2.24, 2.45) is 11.8 Å². The number of carbonyl (C=O) groups is 4. The second-order valence-corrected chi connectivity index (χ2v) is 8.02. The summed E-state index contributed by atoms with van der Waals surface area (Å²) in [5, 5.41) is 35.6. The van der Waals surface area contributed by atoms with Crippen molar-refractivity contribution in [1.29, 1.82) is 0 Å². The second kappa shape index (κ2) is 14.1. The van der Waals surface area contributed by atoms with Crippen LogP contribution >= 0.6 is 22.6 Å². The number of hydrogen-bond donors (Lipinski definition) is 4. The second-order valence-electron chi connectivity index (χ2n) is 6.64. The van der Waals surface area contributed by atoms with Gasteiger partial charge in [0.15, 0.2) is 0 Å². The zero-order valence-corrected chi connectivity index (χ0v) is 17.9. The highest BCUT2D eigenvalue weighted by atomic mass is 127. The molecule has 0 saturated carbocycles. The Morgan fingerprint density at radius 3 is 1.50 bits per heavy atom. The molecule has 0 amide bonds. The molecule has 0 aliphatic heterocycles. The van der Waals surface area contributed by atoms with Gasteiger partial charge in [-0.05, 0) is 71.6 Å². The van der Waals surface area contributed by atoms with Crippen LogP contribution in [0.15, 0.2) is 21.3 Å². The summed E-state index contributed by atoms with van der Waals surface area (Å²) in [6.45, 7) is 1.85. The maximum atomic E-state index is 11.2. The molecule has 2 unspecified atom stereocenters. The summed E-state index contributed by atoms with van der Waals surface area (Å²) in [7, 11) is 0. The smallest absolute Gasteiger partial charge is 0.306 e. The van der Waals surface area contributed by atoms with Crippen LogP contribution in [-0.2, 0) is 19.2 Å². The van der Waals surface area contributed by atoms with Gasteiger partial charge in [0.2, 0.25) is 0 Å². The zero-order valence-electron chi connectivity index (χ0n) is 15.8. The van der Waals surface area contributed by atoms with Gasteiger partial charge in [-0.1, -0.05) is 17.7 Å². The molecule has 2 atom stereocenters. The quantitative estimate of drug-likeness (QED) is 0.191. The number of allylic oxidation sites excluding steroid dienone is 4. The van der Waals surface area contributed by atoms with E-state index < -0.39 is 35.7 Å². The van der Waals surface area contributed by atoms with Gasteiger partial charge in [0.1, 0.15) is 0 Å². The van der Waals surface area contributed by atoms with E-state index in [4.69, 9.17) is 20.4 Å². The van der Waals surface area contributed by atoms with Crippen LogP contribution in [0.1, 0.15) is 58.3 Å². The maximum absolute atomic E-state index is 11.2. The molecule has 0 saturated heterocycles. The summed E-state index contributed by atoms with van der Waals surface area (Å²) in [6.07, 6.45) is 5.24. The minimum Gasteiger partial charge on any atom is -0.481 e. The Labute approximate surface area is 177 Å². The summed E-state index contributed by atoms with van der Waals surface area (Å²) >= 11 is 2.09. The summed E-state index contributed by atoms with van der Waals surface area (Å²) < 4.78 is 0.916. The molecule has 0 aromatic rings. The van der Waals surface area contributed by atoms with Gasteiger partial charge in [-0.3, -0.25) is 19.2 Å². The van der Waals surface area contributed by atoms with Gasteiger partial charge in [-0.15, -0.1) is 0 Å². The number of halogens is 1. The van der Waals surface area contributed by atoms with Crippen LogP contribution in [0.5, 0.6) is 0 Å². The highest BCUT2D eigenvalue weighted by Crippen LogP contribution is 2.23. The highest BCUT2D eigenvalue weighted by molar-refractivity contribution is 14.1. The van der Waals surface area contributed by atoms with Gasteiger partial charge >= 0.3 is 23.9 Å². The van der Waals surface area contributed by atoms with Crippen LogP contribution in [-0.4, -0.2) is 44.3 Å². The lowest BCUT2D eigenvalue weighted by atomic mass is 9.95. The average Bonchev–Trinajstić information content (AvgIpc) is 2.58. The number of carboxylic acid groups (broad SMARTS) is 4. The Balaban J connectivity index is 4.56. The largest absolute Gasteiger partial charge is 0.481 e. The highest BCUT2D eigenvalue weighted by Gasteiger charge is 2.19. The normalized spacial score (nSPS) is 14.4. The van der Waals surface area contributed by atoms with Crippen molar-refractivity contribution in [2.75, 3.05) is 0 Å². The van der Waals surface area contributed by atoms with Crippen LogP contribution in [0.4, 0.5) is 0 Å². The Hall–Kier alpha value is -1.91. The van der Waals surface area contributed by atoms with Crippen molar-refractivity contribution < 1.29 is 39.6 Å².